The molecule has 1 atom stereocenters. The fourth-order valence-corrected chi connectivity index (χ4v) is 0.336. The summed E-state index contributed by atoms with van der Waals surface area (Å²) in [5, 5.41) is 10.0. The summed E-state index contributed by atoms with van der Waals surface area (Å²) in [6.45, 7) is 0.00775. The van der Waals surface area contributed by atoms with Crippen LogP contribution in [0.3, 0.4) is 0 Å². The van der Waals surface area contributed by atoms with E-state index in [9.17, 15) is 13.2 Å². The molecule has 0 spiro atoms. The molecular weight excluding hydrogens is 149 g/mol. The van der Waals surface area contributed by atoms with Crippen LogP contribution in [-0.2, 0) is 0 Å². The monoisotopic (exact) mass is 158 g/mol. The first-order valence-corrected chi connectivity index (χ1v) is 2.66. The molecule has 0 bridgehead atoms. The van der Waals surface area contributed by atoms with Gasteiger partial charge in [-0.25, -0.2) is 0 Å². The lowest BCUT2D eigenvalue weighted by Crippen LogP contribution is -2.43. The Bertz CT molecular complexity index is 95.0. The van der Waals surface area contributed by atoms with Crippen molar-refractivity contribution in [3.05, 3.63) is 0 Å². The van der Waals surface area contributed by atoms with Gasteiger partial charge in [0.1, 0.15) is 0 Å². The van der Waals surface area contributed by atoms with Crippen LogP contribution < -0.4 is 11.1 Å². The number of aliphatic hydroxyl groups excluding tert-OH is 1. The Hall–Kier alpha value is -0.330. The van der Waals surface area contributed by atoms with Crippen molar-refractivity contribution in [2.45, 2.75) is 12.4 Å². The molecule has 0 amide bonds. The quantitative estimate of drug-likeness (QED) is 0.481. The Morgan fingerprint density at radius 3 is 2.30 bits per heavy atom. The zero-order chi connectivity index (χ0) is 8.20. The van der Waals surface area contributed by atoms with Gasteiger partial charge in [-0.1, -0.05) is 0 Å². The van der Waals surface area contributed by atoms with E-state index in [2.05, 4.69) is 0 Å². The average molecular weight is 158 g/mol. The number of nitrogens with one attached hydrogen (secondary N) is 1. The van der Waals surface area contributed by atoms with Crippen LogP contribution in [0.2, 0.25) is 0 Å². The van der Waals surface area contributed by atoms with Gasteiger partial charge in [-0.05, 0) is 0 Å². The van der Waals surface area contributed by atoms with Crippen molar-refractivity contribution in [2.75, 3.05) is 13.1 Å². The highest BCUT2D eigenvalue weighted by Gasteiger charge is 2.37. The molecule has 0 saturated heterocycles. The van der Waals surface area contributed by atoms with E-state index in [0.717, 1.165) is 0 Å². The molecule has 0 fully saturated rings. The highest BCUT2D eigenvalue weighted by atomic mass is 19.4. The molecule has 0 aromatic rings. The molecule has 6 heteroatoms. The summed E-state index contributed by atoms with van der Waals surface area (Å²) in [5.41, 5.74) is 4.88. The normalized spacial score (nSPS) is 15.3. The Balaban J connectivity index is 3.52. The van der Waals surface area contributed by atoms with Gasteiger partial charge in [0.05, 0.1) is 0 Å². The molecule has 4 N–H and O–H groups in total. The van der Waals surface area contributed by atoms with Crippen LogP contribution in [0.5, 0.6) is 0 Å². The Labute approximate surface area is 56.0 Å². The maximum atomic E-state index is 11.4. The third-order valence-corrected chi connectivity index (χ3v) is 0.792. The average Bonchev–Trinajstić information content (AvgIpc) is 1.80. The maximum Gasteiger partial charge on any atom is 0.427 e. The summed E-state index contributed by atoms with van der Waals surface area (Å²) in [6, 6.07) is 0. The standard InChI is InChI=1S/C4H9F3N2O/c5-4(6,7)3(10)9-2-1-8/h3,9-10H,1-2,8H2. The molecule has 0 aliphatic carbocycles. The minimum absolute atomic E-state index is 0.0549. The number of rotatable bonds is 3. The Morgan fingerprint density at radius 2 is 2.00 bits per heavy atom. The Morgan fingerprint density at radius 1 is 1.50 bits per heavy atom. The maximum absolute atomic E-state index is 11.4. The highest BCUT2D eigenvalue weighted by Crippen LogP contribution is 2.17. The number of nitrogens with two attached hydrogens (primary N) is 1. The molecule has 3 nitrogen and oxygen atoms in total. The summed E-state index contributed by atoms with van der Waals surface area (Å²) in [7, 11) is 0. The van der Waals surface area contributed by atoms with Gasteiger partial charge in [0.2, 0.25) is 6.23 Å². The van der Waals surface area contributed by atoms with E-state index in [1.807, 2.05) is 0 Å². The SMILES string of the molecule is NCCNC(O)C(F)(F)F. The van der Waals surface area contributed by atoms with Crippen LogP contribution in [0.15, 0.2) is 0 Å². The fourth-order valence-electron chi connectivity index (χ4n) is 0.336. The largest absolute Gasteiger partial charge is 0.427 e. The van der Waals surface area contributed by atoms with Crippen molar-refractivity contribution in [1.29, 1.82) is 0 Å². The van der Waals surface area contributed by atoms with Gasteiger partial charge in [0.15, 0.2) is 0 Å². The molecule has 0 aliphatic heterocycles. The van der Waals surface area contributed by atoms with Gasteiger partial charge in [-0.15, -0.1) is 0 Å². The van der Waals surface area contributed by atoms with Crippen molar-refractivity contribution in [2.24, 2.45) is 5.73 Å². The molecule has 0 heterocycles. The number of alkyl halides is 3. The van der Waals surface area contributed by atoms with E-state index in [1.165, 1.54) is 0 Å². The second-order valence-corrected chi connectivity index (χ2v) is 1.69. The van der Waals surface area contributed by atoms with Gasteiger partial charge in [0.25, 0.3) is 0 Å². The number of hydrogen-bond acceptors (Lipinski definition) is 3. The molecule has 0 aromatic carbocycles. The van der Waals surface area contributed by atoms with E-state index in [1.54, 1.807) is 5.32 Å². The summed E-state index contributed by atoms with van der Waals surface area (Å²) >= 11 is 0. The van der Waals surface area contributed by atoms with Crippen LogP contribution in [0, 0.1) is 0 Å². The van der Waals surface area contributed by atoms with E-state index < -0.39 is 12.4 Å². The third kappa shape index (κ3) is 3.65. The van der Waals surface area contributed by atoms with Crippen LogP contribution >= 0.6 is 0 Å². The molecule has 0 radical (unpaired) electrons. The lowest BCUT2D eigenvalue weighted by molar-refractivity contribution is -0.213. The van der Waals surface area contributed by atoms with E-state index in [4.69, 9.17) is 10.8 Å². The predicted octanol–water partition coefficient (Wildman–Crippen LogP) is -0.585. The zero-order valence-electron chi connectivity index (χ0n) is 5.15. The van der Waals surface area contributed by atoms with E-state index in [0.29, 0.717) is 0 Å². The number of halogens is 3. The van der Waals surface area contributed by atoms with Crippen LogP contribution in [0.1, 0.15) is 0 Å². The molecule has 10 heavy (non-hydrogen) atoms. The van der Waals surface area contributed by atoms with Gasteiger partial charge >= 0.3 is 6.18 Å². The van der Waals surface area contributed by atoms with Gasteiger partial charge in [-0.3, -0.25) is 5.32 Å². The molecule has 0 aromatic heterocycles. The van der Waals surface area contributed by atoms with E-state index >= 15 is 0 Å². The third-order valence-electron chi connectivity index (χ3n) is 0.792. The summed E-state index contributed by atoms with van der Waals surface area (Å²) < 4.78 is 34.3. The first-order chi connectivity index (χ1) is 4.48. The summed E-state index contributed by atoms with van der Waals surface area (Å²) in [5.74, 6) is 0. The van der Waals surface area contributed by atoms with Crippen molar-refractivity contribution in [3.63, 3.8) is 0 Å². The predicted molar refractivity (Wildman–Crippen MR) is 29.1 cm³/mol. The minimum Gasteiger partial charge on any atom is -0.370 e. The lowest BCUT2D eigenvalue weighted by atomic mass is 10.5. The summed E-state index contributed by atoms with van der Waals surface area (Å²) in [4.78, 5) is 0. The summed E-state index contributed by atoms with van der Waals surface area (Å²) in [6.07, 6.45) is -7.06. The van der Waals surface area contributed by atoms with Gasteiger partial charge in [0, 0.05) is 13.1 Å². The highest BCUT2D eigenvalue weighted by molar-refractivity contribution is 4.61. The van der Waals surface area contributed by atoms with Crippen LogP contribution in [0.4, 0.5) is 13.2 Å². The van der Waals surface area contributed by atoms with Gasteiger partial charge < -0.3 is 10.8 Å². The van der Waals surface area contributed by atoms with E-state index in [-0.39, 0.29) is 13.1 Å². The zero-order valence-corrected chi connectivity index (χ0v) is 5.15. The number of hydrogen-bond donors (Lipinski definition) is 3. The van der Waals surface area contributed by atoms with Crippen molar-refractivity contribution < 1.29 is 18.3 Å². The van der Waals surface area contributed by atoms with Gasteiger partial charge in [-0.2, -0.15) is 13.2 Å². The molecule has 0 aliphatic rings. The molecule has 62 valence electrons. The fraction of sp³-hybridized carbons (Fsp3) is 1.00. The second-order valence-electron chi connectivity index (χ2n) is 1.69. The first-order valence-electron chi connectivity index (χ1n) is 2.66. The Kier molecular flexibility index (Phi) is 3.62. The second kappa shape index (κ2) is 3.75. The number of aliphatic hydroxyl groups is 1. The molecule has 1 unspecified atom stereocenters. The topological polar surface area (TPSA) is 58.3 Å². The smallest absolute Gasteiger partial charge is 0.370 e. The van der Waals surface area contributed by atoms with Crippen molar-refractivity contribution >= 4 is 0 Å². The van der Waals surface area contributed by atoms with Crippen LogP contribution in [0.25, 0.3) is 0 Å². The molecule has 0 rings (SSSR count). The first kappa shape index (κ1) is 9.67. The lowest BCUT2D eigenvalue weighted by Gasteiger charge is -2.14. The van der Waals surface area contributed by atoms with Crippen molar-refractivity contribution in [3.8, 4) is 0 Å². The minimum atomic E-state index is -4.60. The molecular formula is C4H9F3N2O. The van der Waals surface area contributed by atoms with Crippen LogP contribution in [-0.4, -0.2) is 30.6 Å². The molecule has 0 saturated carbocycles. The van der Waals surface area contributed by atoms with Crippen molar-refractivity contribution in [1.82, 2.24) is 5.32 Å².